The number of amides is 1. The van der Waals surface area contributed by atoms with Crippen LogP contribution in [-0.4, -0.2) is 49.9 Å². The van der Waals surface area contributed by atoms with E-state index in [0.717, 1.165) is 31.7 Å². The Bertz CT molecular complexity index is 575. The molecular formula is C18H29N3O3. The van der Waals surface area contributed by atoms with Gasteiger partial charge in [-0.25, -0.2) is 4.79 Å². The van der Waals surface area contributed by atoms with E-state index in [0.29, 0.717) is 11.4 Å². The van der Waals surface area contributed by atoms with Crippen molar-refractivity contribution in [2.45, 2.75) is 45.3 Å². The maximum atomic E-state index is 12.3. The molecule has 0 bridgehead atoms. The van der Waals surface area contributed by atoms with Crippen molar-refractivity contribution < 1.29 is 14.3 Å². The second-order valence-corrected chi connectivity index (χ2v) is 7.38. The monoisotopic (exact) mass is 335 g/mol. The van der Waals surface area contributed by atoms with E-state index in [4.69, 9.17) is 15.2 Å². The molecule has 0 saturated carbocycles. The Labute approximate surface area is 144 Å². The van der Waals surface area contributed by atoms with Gasteiger partial charge in [0.25, 0.3) is 0 Å². The van der Waals surface area contributed by atoms with Crippen LogP contribution in [0.5, 0.6) is 5.75 Å². The second kappa shape index (κ2) is 7.30. The van der Waals surface area contributed by atoms with Gasteiger partial charge in [0, 0.05) is 26.2 Å². The van der Waals surface area contributed by atoms with Gasteiger partial charge in [-0.05, 0) is 52.8 Å². The van der Waals surface area contributed by atoms with Gasteiger partial charge in [-0.15, -0.1) is 0 Å². The predicted octanol–water partition coefficient (Wildman–Crippen LogP) is 3.11. The zero-order chi connectivity index (χ0) is 17.9. The van der Waals surface area contributed by atoms with E-state index in [1.54, 1.807) is 19.2 Å². The molecule has 2 N–H and O–H groups in total. The number of anilines is 2. The molecule has 0 aromatic heterocycles. The van der Waals surface area contributed by atoms with Gasteiger partial charge in [0.05, 0.1) is 11.4 Å². The summed E-state index contributed by atoms with van der Waals surface area (Å²) in [7, 11) is 3.77. The molecule has 0 spiro atoms. The van der Waals surface area contributed by atoms with Crippen molar-refractivity contribution in [1.29, 1.82) is 0 Å². The van der Waals surface area contributed by atoms with Gasteiger partial charge >= 0.3 is 6.09 Å². The average molecular weight is 335 g/mol. The molecule has 134 valence electrons. The van der Waals surface area contributed by atoms with E-state index in [2.05, 4.69) is 11.9 Å². The van der Waals surface area contributed by atoms with Crippen molar-refractivity contribution in [2.75, 3.05) is 37.8 Å². The van der Waals surface area contributed by atoms with E-state index >= 15 is 0 Å². The Morgan fingerprint density at radius 3 is 2.50 bits per heavy atom. The van der Waals surface area contributed by atoms with Crippen LogP contribution in [0.3, 0.4) is 0 Å². The lowest BCUT2D eigenvalue weighted by atomic mass is 10.1. The number of hydrogen-bond acceptors (Lipinski definition) is 5. The minimum absolute atomic E-state index is 0.199. The first-order valence-corrected chi connectivity index (χ1v) is 8.37. The molecular weight excluding hydrogens is 306 g/mol. The minimum Gasteiger partial charge on any atom is -0.490 e. The molecule has 24 heavy (non-hydrogen) atoms. The third-order valence-electron chi connectivity index (χ3n) is 4.00. The summed E-state index contributed by atoms with van der Waals surface area (Å²) in [5.74, 6) is 0.726. The Morgan fingerprint density at radius 2 is 1.92 bits per heavy atom. The highest BCUT2D eigenvalue weighted by Gasteiger charge is 2.23. The minimum atomic E-state index is -0.553. The lowest BCUT2D eigenvalue weighted by Crippen LogP contribution is -2.36. The van der Waals surface area contributed by atoms with Crippen molar-refractivity contribution in [3.8, 4) is 5.75 Å². The lowest BCUT2D eigenvalue weighted by Gasteiger charge is -2.30. The van der Waals surface area contributed by atoms with E-state index < -0.39 is 11.7 Å². The number of hydrogen-bond donors (Lipinski definition) is 1. The summed E-state index contributed by atoms with van der Waals surface area (Å²) in [6, 6.07) is 5.41. The molecule has 0 atom stereocenters. The third-order valence-corrected chi connectivity index (χ3v) is 4.00. The van der Waals surface area contributed by atoms with Gasteiger partial charge < -0.3 is 20.1 Å². The number of carbonyl (C=O) groups excluding carboxylic acids is 1. The van der Waals surface area contributed by atoms with Gasteiger partial charge in [0.15, 0.2) is 0 Å². The highest BCUT2D eigenvalue weighted by atomic mass is 16.6. The number of carbonyl (C=O) groups is 1. The fraction of sp³-hybridized carbons (Fsp3) is 0.611. The molecule has 2 rings (SSSR count). The number of nitrogens with two attached hydrogens (primary N) is 1. The maximum absolute atomic E-state index is 12.3. The van der Waals surface area contributed by atoms with Gasteiger partial charge in [0.2, 0.25) is 0 Å². The van der Waals surface area contributed by atoms with Crippen LogP contribution in [0.25, 0.3) is 0 Å². The number of nitrogen functional groups attached to an aromatic ring is 1. The quantitative estimate of drug-likeness (QED) is 0.860. The first-order valence-electron chi connectivity index (χ1n) is 8.37. The van der Waals surface area contributed by atoms with Crippen molar-refractivity contribution in [3.05, 3.63) is 18.2 Å². The van der Waals surface area contributed by atoms with E-state index in [1.807, 2.05) is 26.8 Å². The van der Waals surface area contributed by atoms with Gasteiger partial charge in [-0.2, -0.15) is 0 Å². The largest absolute Gasteiger partial charge is 0.490 e. The highest BCUT2D eigenvalue weighted by molar-refractivity contribution is 5.91. The first kappa shape index (κ1) is 18.4. The Morgan fingerprint density at radius 1 is 1.29 bits per heavy atom. The summed E-state index contributed by atoms with van der Waals surface area (Å²) in [5.41, 5.74) is 6.58. The molecule has 1 heterocycles. The van der Waals surface area contributed by atoms with E-state index in [1.165, 1.54) is 4.90 Å². The second-order valence-electron chi connectivity index (χ2n) is 7.38. The molecule has 1 aromatic carbocycles. The van der Waals surface area contributed by atoms with Crippen LogP contribution >= 0.6 is 0 Å². The number of ether oxygens (including phenoxy) is 2. The normalized spacial score (nSPS) is 16.7. The van der Waals surface area contributed by atoms with E-state index in [-0.39, 0.29) is 6.10 Å². The van der Waals surface area contributed by atoms with Crippen LogP contribution in [0, 0.1) is 0 Å². The number of nitrogens with zero attached hydrogens (tertiary/aromatic N) is 2. The summed E-state index contributed by atoms with van der Waals surface area (Å²) in [4.78, 5) is 16.0. The van der Waals surface area contributed by atoms with Crippen molar-refractivity contribution >= 4 is 17.5 Å². The van der Waals surface area contributed by atoms with Crippen LogP contribution in [0.4, 0.5) is 16.2 Å². The summed E-state index contributed by atoms with van der Waals surface area (Å²) in [6.45, 7) is 7.57. The summed E-state index contributed by atoms with van der Waals surface area (Å²) >= 11 is 0. The molecule has 6 nitrogen and oxygen atoms in total. The smallest absolute Gasteiger partial charge is 0.414 e. The number of benzene rings is 1. The van der Waals surface area contributed by atoms with Gasteiger partial charge in [-0.1, -0.05) is 0 Å². The molecule has 1 fully saturated rings. The fourth-order valence-electron chi connectivity index (χ4n) is 2.61. The molecule has 1 aromatic rings. The number of piperidine rings is 1. The fourth-order valence-corrected chi connectivity index (χ4v) is 2.61. The van der Waals surface area contributed by atoms with Crippen LogP contribution in [0.15, 0.2) is 18.2 Å². The maximum Gasteiger partial charge on any atom is 0.414 e. The average Bonchev–Trinajstić information content (AvgIpc) is 2.49. The number of likely N-dealkylation sites (tertiary alicyclic amines) is 1. The third kappa shape index (κ3) is 5.03. The molecule has 0 unspecified atom stereocenters. The molecule has 0 aliphatic carbocycles. The number of rotatable bonds is 3. The molecule has 1 amide bonds. The van der Waals surface area contributed by atoms with Crippen molar-refractivity contribution in [3.63, 3.8) is 0 Å². The van der Waals surface area contributed by atoms with E-state index in [9.17, 15) is 4.79 Å². The molecule has 0 radical (unpaired) electrons. The SMILES string of the molecule is CN1CCC(Oc2ccc(N)c(N(C)C(=O)OC(C)(C)C)c2)CC1. The van der Waals surface area contributed by atoms with Crippen molar-refractivity contribution in [1.82, 2.24) is 4.90 Å². The lowest BCUT2D eigenvalue weighted by molar-refractivity contribution is 0.0589. The molecule has 1 saturated heterocycles. The topological polar surface area (TPSA) is 68.0 Å². The van der Waals surface area contributed by atoms with Gasteiger partial charge in [0.1, 0.15) is 17.5 Å². The van der Waals surface area contributed by atoms with Crippen LogP contribution in [0.1, 0.15) is 33.6 Å². The van der Waals surface area contributed by atoms with Gasteiger partial charge in [-0.3, -0.25) is 4.90 Å². The Hall–Kier alpha value is -1.95. The zero-order valence-electron chi connectivity index (χ0n) is 15.3. The standard InChI is InChI=1S/C18H29N3O3/c1-18(2,3)24-17(22)21(5)16-12-14(6-7-15(16)19)23-13-8-10-20(4)11-9-13/h6-7,12-13H,8-11,19H2,1-5H3. The molecule has 6 heteroatoms. The Balaban J connectivity index is 2.09. The van der Waals surface area contributed by atoms with Crippen LogP contribution in [-0.2, 0) is 4.74 Å². The summed E-state index contributed by atoms with van der Waals surface area (Å²) in [5, 5.41) is 0. The van der Waals surface area contributed by atoms with Crippen LogP contribution in [0.2, 0.25) is 0 Å². The summed E-state index contributed by atoms with van der Waals surface area (Å²) < 4.78 is 11.5. The molecule has 1 aliphatic heterocycles. The highest BCUT2D eigenvalue weighted by Crippen LogP contribution is 2.30. The van der Waals surface area contributed by atoms with Crippen LogP contribution < -0.4 is 15.4 Å². The summed E-state index contributed by atoms with van der Waals surface area (Å²) in [6.07, 6.45) is 1.76. The zero-order valence-corrected chi connectivity index (χ0v) is 15.3. The predicted molar refractivity (Wildman–Crippen MR) is 96.6 cm³/mol. The Kier molecular flexibility index (Phi) is 5.59. The van der Waals surface area contributed by atoms with Crippen molar-refractivity contribution in [2.24, 2.45) is 0 Å². The molecule has 1 aliphatic rings. The first-order chi connectivity index (χ1) is 11.2.